The average molecular weight is 668 g/mol. The third kappa shape index (κ3) is 7.53. The van der Waals surface area contributed by atoms with Crippen molar-refractivity contribution in [2.24, 2.45) is 0 Å². The van der Waals surface area contributed by atoms with Gasteiger partial charge in [-0.3, -0.25) is 9.59 Å². The van der Waals surface area contributed by atoms with Crippen LogP contribution in [0.25, 0.3) is 22.0 Å². The fourth-order valence-corrected chi connectivity index (χ4v) is 6.91. The van der Waals surface area contributed by atoms with Crippen LogP contribution in [0.3, 0.4) is 0 Å². The molecule has 1 fully saturated rings. The lowest BCUT2D eigenvalue weighted by molar-refractivity contribution is -0.136. The van der Waals surface area contributed by atoms with Gasteiger partial charge in [-0.1, -0.05) is 72.3 Å². The number of fused-ring (bicyclic) bond motifs is 1. The Morgan fingerprint density at radius 3 is 2.23 bits per heavy atom. The highest BCUT2D eigenvalue weighted by Crippen LogP contribution is 2.26. The third-order valence-corrected chi connectivity index (χ3v) is 9.81. The van der Waals surface area contributed by atoms with Gasteiger partial charge in [-0.15, -0.1) is 0 Å². The van der Waals surface area contributed by atoms with Crippen LogP contribution >= 0.6 is 11.6 Å². The molecule has 1 aromatic heterocycles. The van der Waals surface area contributed by atoms with Gasteiger partial charge in [-0.05, 0) is 92.1 Å². The number of carbonyl (C=O) groups is 1. The first-order chi connectivity index (χ1) is 23.2. The molecule has 8 heteroatoms. The van der Waals surface area contributed by atoms with Crippen molar-refractivity contribution in [3.8, 4) is 11.1 Å². The molecule has 248 valence electrons. The Labute approximate surface area is 285 Å². The summed E-state index contributed by atoms with van der Waals surface area (Å²) in [6.45, 7) is 6.69. The summed E-state index contributed by atoms with van der Waals surface area (Å²) < 4.78 is 30.4. The number of aromatic nitrogens is 1. The number of hydrogen-bond donors (Lipinski definition) is 0. The van der Waals surface area contributed by atoms with Crippen LogP contribution in [0, 0.1) is 11.6 Å². The number of amides is 1. The minimum absolute atomic E-state index is 0.0228. The van der Waals surface area contributed by atoms with Crippen LogP contribution in [0.15, 0.2) is 102 Å². The fourth-order valence-electron chi connectivity index (χ4n) is 6.78. The van der Waals surface area contributed by atoms with Crippen molar-refractivity contribution in [3.05, 3.63) is 141 Å². The topological polar surface area (TPSA) is 45.5 Å². The molecule has 0 radical (unpaired) electrons. The molecule has 5 aromatic rings. The number of aryl methyl sites for hydroxylation is 2. The summed E-state index contributed by atoms with van der Waals surface area (Å²) in [6.07, 6.45) is 2.19. The lowest BCUT2D eigenvalue weighted by Crippen LogP contribution is -2.49. The van der Waals surface area contributed by atoms with E-state index in [1.165, 1.54) is 12.1 Å². The molecule has 0 bridgehead atoms. The second-order valence-corrected chi connectivity index (χ2v) is 13.3. The second-order valence-electron chi connectivity index (χ2n) is 12.9. The number of carbonyl (C=O) groups excluding carboxylic acids is 1. The number of hydrogen-bond acceptors (Lipinski definition) is 3. The van der Waals surface area contributed by atoms with Gasteiger partial charge in [0.15, 0.2) is 17.1 Å². The molecule has 0 saturated carbocycles. The van der Waals surface area contributed by atoms with Gasteiger partial charge in [-0.2, -0.15) is 0 Å². The standard InChI is InChI=1S/C40H40ClF2N3O2/c1-27(2)44-22-20-33(21-23-44)46(25-28-10-12-29(13-11-28)30-14-17-32(41)18-15-30)39(48)26-45-34(19-16-31-6-5-8-36(42)40(31)43)24-38(47)35-7-3-4-9-37(35)45/h3-15,17-18,24,27,33H,16,19-23,25-26H2,1-2H3. The van der Waals surface area contributed by atoms with Crippen LogP contribution in [-0.2, 0) is 30.7 Å². The van der Waals surface area contributed by atoms with Gasteiger partial charge in [0.2, 0.25) is 5.91 Å². The van der Waals surface area contributed by atoms with Crippen molar-refractivity contribution in [1.82, 2.24) is 14.4 Å². The van der Waals surface area contributed by atoms with Crippen molar-refractivity contribution < 1.29 is 13.6 Å². The predicted octanol–water partition coefficient (Wildman–Crippen LogP) is 8.29. The maximum atomic E-state index is 14.6. The normalized spacial score (nSPS) is 14.1. The van der Waals surface area contributed by atoms with Crippen molar-refractivity contribution in [3.63, 3.8) is 0 Å². The molecular formula is C40H40ClF2N3O2. The zero-order chi connectivity index (χ0) is 33.8. The molecule has 5 nitrogen and oxygen atoms in total. The maximum absolute atomic E-state index is 14.6. The monoisotopic (exact) mass is 667 g/mol. The van der Waals surface area contributed by atoms with Gasteiger partial charge in [0, 0.05) is 53.9 Å². The minimum Gasteiger partial charge on any atom is -0.335 e. The van der Waals surface area contributed by atoms with Gasteiger partial charge in [0.1, 0.15) is 6.54 Å². The molecule has 2 heterocycles. The Balaban J connectivity index is 1.31. The maximum Gasteiger partial charge on any atom is 0.243 e. The summed E-state index contributed by atoms with van der Waals surface area (Å²) in [6, 6.07) is 29.4. The van der Waals surface area contributed by atoms with Crippen molar-refractivity contribution in [2.45, 2.75) is 64.7 Å². The zero-order valence-corrected chi connectivity index (χ0v) is 28.1. The molecule has 1 aliphatic heterocycles. The predicted molar refractivity (Wildman–Crippen MR) is 189 cm³/mol. The Bertz CT molecular complexity index is 1950. The number of rotatable bonds is 10. The van der Waals surface area contributed by atoms with E-state index in [9.17, 15) is 18.4 Å². The van der Waals surface area contributed by atoms with E-state index in [1.54, 1.807) is 18.2 Å². The summed E-state index contributed by atoms with van der Waals surface area (Å²) in [4.78, 5) is 32.1. The Morgan fingerprint density at radius 1 is 0.875 bits per heavy atom. The highest BCUT2D eigenvalue weighted by atomic mass is 35.5. The molecule has 0 unspecified atom stereocenters. The highest BCUT2D eigenvalue weighted by molar-refractivity contribution is 6.30. The summed E-state index contributed by atoms with van der Waals surface area (Å²) in [5, 5.41) is 1.20. The number of piperidine rings is 1. The number of pyridine rings is 1. The summed E-state index contributed by atoms with van der Waals surface area (Å²) in [5.74, 6) is -1.84. The zero-order valence-electron chi connectivity index (χ0n) is 27.3. The number of likely N-dealkylation sites (tertiary alicyclic amines) is 1. The molecule has 0 aliphatic carbocycles. The quantitative estimate of drug-likeness (QED) is 0.151. The van der Waals surface area contributed by atoms with E-state index in [-0.39, 0.29) is 42.3 Å². The first-order valence-corrected chi connectivity index (χ1v) is 17.0. The first kappa shape index (κ1) is 33.6. The summed E-state index contributed by atoms with van der Waals surface area (Å²) >= 11 is 6.09. The summed E-state index contributed by atoms with van der Waals surface area (Å²) in [5.41, 5.74) is 4.48. The van der Waals surface area contributed by atoms with E-state index in [0.717, 1.165) is 48.7 Å². The Morgan fingerprint density at radius 2 is 1.54 bits per heavy atom. The molecule has 6 rings (SSSR count). The molecular weight excluding hydrogens is 628 g/mol. The van der Waals surface area contributed by atoms with Crippen LogP contribution in [0.5, 0.6) is 0 Å². The van der Waals surface area contributed by atoms with Crippen LogP contribution in [-0.4, -0.2) is 45.4 Å². The molecule has 0 spiro atoms. The molecule has 4 aromatic carbocycles. The second kappa shape index (κ2) is 14.8. The molecule has 1 aliphatic rings. The van der Waals surface area contributed by atoms with Crippen LogP contribution < -0.4 is 5.43 Å². The van der Waals surface area contributed by atoms with E-state index in [4.69, 9.17) is 11.6 Å². The van der Waals surface area contributed by atoms with Crippen LogP contribution in [0.1, 0.15) is 43.5 Å². The van der Waals surface area contributed by atoms with Crippen molar-refractivity contribution in [1.29, 1.82) is 0 Å². The van der Waals surface area contributed by atoms with Crippen LogP contribution in [0.4, 0.5) is 8.78 Å². The lowest BCUT2D eigenvalue weighted by atomic mass is 9.99. The number of para-hydroxylation sites is 1. The minimum atomic E-state index is -0.904. The summed E-state index contributed by atoms with van der Waals surface area (Å²) in [7, 11) is 0. The molecule has 48 heavy (non-hydrogen) atoms. The van der Waals surface area contributed by atoms with E-state index in [1.807, 2.05) is 45.9 Å². The number of nitrogens with zero attached hydrogens (tertiary/aromatic N) is 3. The van der Waals surface area contributed by atoms with E-state index in [0.29, 0.717) is 34.2 Å². The molecule has 1 saturated heterocycles. The average Bonchev–Trinajstić information content (AvgIpc) is 3.10. The highest BCUT2D eigenvalue weighted by Gasteiger charge is 2.29. The lowest BCUT2D eigenvalue weighted by Gasteiger charge is -2.40. The van der Waals surface area contributed by atoms with Gasteiger partial charge in [0.25, 0.3) is 0 Å². The first-order valence-electron chi connectivity index (χ1n) is 16.6. The van der Waals surface area contributed by atoms with E-state index < -0.39 is 11.6 Å². The third-order valence-electron chi connectivity index (χ3n) is 9.56. The molecule has 0 N–H and O–H groups in total. The SMILES string of the molecule is CC(C)N1CCC(N(Cc2ccc(-c3ccc(Cl)cc3)cc2)C(=O)Cn2c(CCc3cccc(F)c3F)cc(=O)c3ccccc32)CC1. The van der Waals surface area contributed by atoms with Gasteiger partial charge in [-0.25, -0.2) is 8.78 Å². The molecule has 1 amide bonds. The molecule has 0 atom stereocenters. The van der Waals surface area contributed by atoms with Crippen LogP contribution in [0.2, 0.25) is 5.02 Å². The van der Waals surface area contributed by atoms with Gasteiger partial charge in [0.05, 0.1) is 5.52 Å². The fraction of sp³-hybridized carbons (Fsp3) is 0.300. The Hall–Kier alpha value is -4.33. The van der Waals surface area contributed by atoms with E-state index in [2.05, 4.69) is 43.0 Å². The van der Waals surface area contributed by atoms with Gasteiger partial charge >= 0.3 is 0 Å². The smallest absolute Gasteiger partial charge is 0.243 e. The van der Waals surface area contributed by atoms with Gasteiger partial charge < -0.3 is 14.4 Å². The largest absolute Gasteiger partial charge is 0.335 e. The number of benzene rings is 4. The van der Waals surface area contributed by atoms with Crippen molar-refractivity contribution >= 4 is 28.4 Å². The Kier molecular flexibility index (Phi) is 10.4. The van der Waals surface area contributed by atoms with E-state index >= 15 is 0 Å². The van der Waals surface area contributed by atoms with Crippen molar-refractivity contribution in [2.75, 3.05) is 13.1 Å². The number of halogens is 3.